The van der Waals surface area contributed by atoms with Crippen LogP contribution in [0.2, 0.25) is 5.02 Å². The van der Waals surface area contributed by atoms with Gasteiger partial charge in [-0.25, -0.2) is 4.39 Å². The van der Waals surface area contributed by atoms with E-state index >= 15 is 0 Å². The van der Waals surface area contributed by atoms with Crippen LogP contribution in [0, 0.1) is 5.82 Å². The quantitative estimate of drug-likeness (QED) is 0.906. The van der Waals surface area contributed by atoms with E-state index in [4.69, 9.17) is 11.6 Å². The van der Waals surface area contributed by atoms with E-state index in [0.29, 0.717) is 17.6 Å². The monoisotopic (exact) mass is 320 g/mol. The van der Waals surface area contributed by atoms with Crippen molar-refractivity contribution in [1.82, 2.24) is 10.2 Å². The van der Waals surface area contributed by atoms with Crippen LogP contribution >= 0.6 is 24.0 Å². The summed E-state index contributed by atoms with van der Waals surface area (Å²) in [5.41, 5.74) is 0.739. The molecule has 0 saturated carbocycles. The van der Waals surface area contributed by atoms with Gasteiger partial charge < -0.3 is 5.32 Å². The average Bonchev–Trinajstić information content (AvgIpc) is 2.67. The normalized spacial score (nSPS) is 19.5. The number of hydrogen-bond donors (Lipinski definition) is 1. The average molecular weight is 321 g/mol. The van der Waals surface area contributed by atoms with Gasteiger partial charge >= 0.3 is 0 Å². The Kier molecular flexibility index (Phi) is 7.82. The molecule has 114 valence electrons. The lowest BCUT2D eigenvalue weighted by Crippen LogP contribution is -2.35. The Morgan fingerprint density at radius 1 is 1.35 bits per heavy atom. The van der Waals surface area contributed by atoms with E-state index in [9.17, 15) is 4.39 Å². The summed E-state index contributed by atoms with van der Waals surface area (Å²) in [6, 6.07) is 5.52. The molecule has 1 aromatic rings. The van der Waals surface area contributed by atoms with Crippen molar-refractivity contribution in [3.8, 4) is 0 Å². The molecule has 1 N–H and O–H groups in total. The number of hydrogen-bond acceptors (Lipinski definition) is 2. The van der Waals surface area contributed by atoms with Gasteiger partial charge in [0.2, 0.25) is 0 Å². The van der Waals surface area contributed by atoms with Gasteiger partial charge in [0.1, 0.15) is 5.82 Å². The zero-order valence-corrected chi connectivity index (χ0v) is 13.4. The predicted molar refractivity (Wildman–Crippen MR) is 85.3 cm³/mol. The van der Waals surface area contributed by atoms with Crippen molar-refractivity contribution in [2.75, 3.05) is 19.6 Å². The second kappa shape index (κ2) is 8.83. The molecule has 2 rings (SSSR count). The van der Waals surface area contributed by atoms with Gasteiger partial charge in [-0.1, -0.05) is 24.6 Å². The Bertz CT molecular complexity index is 407. The zero-order valence-electron chi connectivity index (χ0n) is 11.9. The van der Waals surface area contributed by atoms with E-state index in [1.165, 1.54) is 18.9 Å². The van der Waals surface area contributed by atoms with Gasteiger partial charge in [-0.15, -0.1) is 12.4 Å². The molecule has 5 heteroatoms. The maximum absolute atomic E-state index is 13.9. The van der Waals surface area contributed by atoms with Gasteiger partial charge in [-0.2, -0.15) is 0 Å². The summed E-state index contributed by atoms with van der Waals surface area (Å²) in [6.07, 6.45) is 3.53. The topological polar surface area (TPSA) is 15.3 Å². The molecule has 0 aliphatic carbocycles. The van der Waals surface area contributed by atoms with E-state index in [1.807, 2.05) is 0 Å². The first-order valence-corrected chi connectivity index (χ1v) is 7.47. The molecule has 0 radical (unpaired) electrons. The molecular weight excluding hydrogens is 298 g/mol. The maximum atomic E-state index is 13.9. The summed E-state index contributed by atoms with van der Waals surface area (Å²) in [5, 5.41) is 3.88. The molecule has 0 bridgehead atoms. The second-order valence-electron chi connectivity index (χ2n) is 5.13. The molecule has 0 amide bonds. The van der Waals surface area contributed by atoms with Crippen LogP contribution in [0.3, 0.4) is 0 Å². The Hall–Kier alpha value is -0.350. The Morgan fingerprint density at radius 2 is 2.15 bits per heavy atom. The molecule has 1 atom stereocenters. The van der Waals surface area contributed by atoms with Crippen LogP contribution in [0.15, 0.2) is 18.2 Å². The highest BCUT2D eigenvalue weighted by Crippen LogP contribution is 2.20. The lowest BCUT2D eigenvalue weighted by Gasteiger charge is -2.30. The van der Waals surface area contributed by atoms with E-state index in [0.717, 1.165) is 31.6 Å². The van der Waals surface area contributed by atoms with Gasteiger partial charge in [-0.3, -0.25) is 4.90 Å². The fourth-order valence-corrected chi connectivity index (χ4v) is 2.89. The van der Waals surface area contributed by atoms with Crippen LogP contribution in [0.5, 0.6) is 0 Å². The number of benzene rings is 1. The molecule has 1 aromatic carbocycles. The van der Waals surface area contributed by atoms with Gasteiger partial charge in [0.25, 0.3) is 0 Å². The fourth-order valence-electron chi connectivity index (χ4n) is 2.73. The molecule has 0 aromatic heterocycles. The first-order valence-electron chi connectivity index (χ1n) is 7.09. The summed E-state index contributed by atoms with van der Waals surface area (Å²) in [5.74, 6) is -0.197. The van der Waals surface area contributed by atoms with Gasteiger partial charge in [0.05, 0.1) is 0 Å². The molecule has 1 aliphatic rings. The minimum absolute atomic E-state index is 0. The first-order chi connectivity index (χ1) is 9.20. The van der Waals surface area contributed by atoms with E-state index in [2.05, 4.69) is 17.1 Å². The van der Waals surface area contributed by atoms with Gasteiger partial charge in [0.15, 0.2) is 0 Å². The number of halogens is 3. The largest absolute Gasteiger partial charge is 0.317 e. The molecule has 1 saturated heterocycles. The highest BCUT2D eigenvalue weighted by atomic mass is 35.5. The SMILES string of the molecule is CCN(Cc1ccc(Cl)cc1F)C1CCCNCC1.Cl. The Morgan fingerprint density at radius 3 is 2.85 bits per heavy atom. The van der Waals surface area contributed by atoms with Crippen LogP contribution in [-0.2, 0) is 6.54 Å². The molecule has 1 unspecified atom stereocenters. The minimum Gasteiger partial charge on any atom is -0.317 e. The molecule has 1 fully saturated rings. The molecule has 1 heterocycles. The highest BCUT2D eigenvalue weighted by Gasteiger charge is 2.19. The number of nitrogens with one attached hydrogen (secondary N) is 1. The molecular formula is C15H23Cl2FN2. The fraction of sp³-hybridized carbons (Fsp3) is 0.600. The van der Waals surface area contributed by atoms with Crippen LogP contribution in [0.1, 0.15) is 31.7 Å². The summed E-state index contributed by atoms with van der Waals surface area (Å²) < 4.78 is 13.9. The smallest absolute Gasteiger partial charge is 0.129 e. The molecule has 1 aliphatic heterocycles. The molecule has 20 heavy (non-hydrogen) atoms. The zero-order chi connectivity index (χ0) is 13.7. The summed E-state index contributed by atoms with van der Waals surface area (Å²) in [4.78, 5) is 2.37. The van der Waals surface area contributed by atoms with Crippen molar-refractivity contribution in [1.29, 1.82) is 0 Å². The third kappa shape index (κ3) is 4.88. The van der Waals surface area contributed by atoms with Crippen LogP contribution in [0.4, 0.5) is 4.39 Å². The van der Waals surface area contributed by atoms with Gasteiger partial charge in [-0.05, 0) is 51.0 Å². The van der Waals surface area contributed by atoms with Crippen LogP contribution < -0.4 is 5.32 Å². The second-order valence-corrected chi connectivity index (χ2v) is 5.57. The van der Waals surface area contributed by atoms with Crippen LogP contribution in [-0.4, -0.2) is 30.6 Å². The lowest BCUT2D eigenvalue weighted by molar-refractivity contribution is 0.180. The minimum atomic E-state index is -0.197. The number of rotatable bonds is 4. The first kappa shape index (κ1) is 17.7. The standard InChI is InChI=1S/C15H22ClFN2.ClH/c1-2-19(14-4-3-8-18-9-7-14)11-12-5-6-13(16)10-15(12)17;/h5-6,10,14,18H,2-4,7-9,11H2,1H3;1H. The van der Waals surface area contributed by atoms with Crippen molar-refractivity contribution in [3.63, 3.8) is 0 Å². The summed E-state index contributed by atoms with van der Waals surface area (Å²) >= 11 is 5.80. The van der Waals surface area contributed by atoms with Crippen LogP contribution in [0.25, 0.3) is 0 Å². The predicted octanol–water partition coefficient (Wildman–Crippen LogP) is 3.86. The van der Waals surface area contributed by atoms with E-state index in [1.54, 1.807) is 12.1 Å². The third-order valence-electron chi connectivity index (χ3n) is 3.86. The van der Waals surface area contributed by atoms with E-state index in [-0.39, 0.29) is 18.2 Å². The molecule has 2 nitrogen and oxygen atoms in total. The lowest BCUT2D eigenvalue weighted by atomic mass is 10.1. The Labute approximate surface area is 132 Å². The van der Waals surface area contributed by atoms with Crippen molar-refractivity contribution in [2.45, 2.75) is 38.8 Å². The van der Waals surface area contributed by atoms with E-state index < -0.39 is 0 Å². The van der Waals surface area contributed by atoms with Gasteiger partial charge in [0, 0.05) is 23.2 Å². The van der Waals surface area contributed by atoms with Crippen molar-refractivity contribution >= 4 is 24.0 Å². The van der Waals surface area contributed by atoms with Crippen molar-refractivity contribution in [2.24, 2.45) is 0 Å². The maximum Gasteiger partial charge on any atom is 0.129 e. The van der Waals surface area contributed by atoms with Crippen molar-refractivity contribution < 1.29 is 4.39 Å². The highest BCUT2D eigenvalue weighted by molar-refractivity contribution is 6.30. The summed E-state index contributed by atoms with van der Waals surface area (Å²) in [6.45, 7) is 5.93. The third-order valence-corrected chi connectivity index (χ3v) is 4.09. The van der Waals surface area contributed by atoms with Crippen molar-refractivity contribution in [3.05, 3.63) is 34.6 Å². The Balaban J connectivity index is 0.00000200. The number of nitrogens with zero attached hydrogens (tertiary/aromatic N) is 1. The summed E-state index contributed by atoms with van der Waals surface area (Å²) in [7, 11) is 0. The molecule has 0 spiro atoms.